The van der Waals surface area contributed by atoms with Crippen LogP contribution in [0.4, 0.5) is 11.4 Å². The number of rotatable bonds is 5. The third kappa shape index (κ3) is 3.10. The highest BCUT2D eigenvalue weighted by Crippen LogP contribution is 2.38. The van der Waals surface area contributed by atoms with Gasteiger partial charge in [-0.3, -0.25) is 4.79 Å². The van der Waals surface area contributed by atoms with E-state index in [1.54, 1.807) is 0 Å². The van der Waals surface area contributed by atoms with Crippen molar-refractivity contribution in [3.8, 4) is 5.75 Å². The van der Waals surface area contributed by atoms with Crippen molar-refractivity contribution >= 4 is 17.3 Å². The number of fused-ring (bicyclic) bond motifs is 1. The fourth-order valence-electron chi connectivity index (χ4n) is 2.36. The second kappa shape index (κ2) is 5.82. The van der Waals surface area contributed by atoms with Gasteiger partial charge in [-0.25, -0.2) is 0 Å². The maximum Gasteiger partial charge on any atom is 0.303 e. The molecule has 5 nitrogen and oxygen atoms in total. The Bertz CT molecular complexity index is 462. The predicted molar refractivity (Wildman–Crippen MR) is 74.6 cm³/mol. The van der Waals surface area contributed by atoms with E-state index >= 15 is 0 Å². The lowest BCUT2D eigenvalue weighted by molar-refractivity contribution is -0.137. The largest absolute Gasteiger partial charge is 0.486 e. The van der Waals surface area contributed by atoms with Gasteiger partial charge in [0.25, 0.3) is 0 Å². The number of carboxylic acid groups (broad SMARTS) is 1. The lowest BCUT2D eigenvalue weighted by atomic mass is 10.1. The van der Waals surface area contributed by atoms with E-state index in [9.17, 15) is 4.79 Å². The number of nitrogens with two attached hydrogens (primary N) is 1. The second-order valence-electron chi connectivity index (χ2n) is 4.79. The summed E-state index contributed by atoms with van der Waals surface area (Å²) in [6, 6.07) is 5.64. The maximum absolute atomic E-state index is 10.6. The first-order valence-electron chi connectivity index (χ1n) is 6.63. The number of nitrogen functional groups attached to an aromatic ring is 1. The first-order valence-corrected chi connectivity index (χ1v) is 6.63. The van der Waals surface area contributed by atoms with Gasteiger partial charge in [-0.2, -0.15) is 0 Å². The van der Waals surface area contributed by atoms with Gasteiger partial charge < -0.3 is 20.5 Å². The van der Waals surface area contributed by atoms with E-state index in [-0.39, 0.29) is 12.5 Å². The molecule has 1 unspecified atom stereocenters. The smallest absolute Gasteiger partial charge is 0.303 e. The molecule has 0 amide bonds. The fourth-order valence-corrected chi connectivity index (χ4v) is 2.36. The molecule has 0 radical (unpaired) electrons. The number of ether oxygens (including phenoxy) is 1. The molecule has 104 valence electrons. The van der Waals surface area contributed by atoms with Gasteiger partial charge in [-0.05, 0) is 25.0 Å². The van der Waals surface area contributed by atoms with Gasteiger partial charge in [0.2, 0.25) is 0 Å². The minimum absolute atomic E-state index is 0.138. The molecule has 1 aliphatic heterocycles. The third-order valence-electron chi connectivity index (χ3n) is 3.34. The van der Waals surface area contributed by atoms with Gasteiger partial charge in [-0.1, -0.05) is 13.0 Å². The van der Waals surface area contributed by atoms with Crippen LogP contribution >= 0.6 is 0 Å². The summed E-state index contributed by atoms with van der Waals surface area (Å²) in [7, 11) is 0. The Kier molecular flexibility index (Phi) is 4.14. The minimum atomic E-state index is -0.762. The van der Waals surface area contributed by atoms with Gasteiger partial charge in [0.15, 0.2) is 0 Å². The van der Waals surface area contributed by atoms with E-state index in [1.165, 1.54) is 0 Å². The molecule has 1 heterocycles. The first kappa shape index (κ1) is 13.5. The van der Waals surface area contributed by atoms with Gasteiger partial charge >= 0.3 is 5.97 Å². The van der Waals surface area contributed by atoms with Crippen LogP contribution in [0, 0.1) is 0 Å². The Morgan fingerprint density at radius 3 is 3.05 bits per heavy atom. The molecule has 1 aromatic carbocycles. The lowest BCUT2D eigenvalue weighted by Gasteiger charge is -2.36. The monoisotopic (exact) mass is 264 g/mol. The summed E-state index contributed by atoms with van der Waals surface area (Å²) in [6.07, 6.45) is 1.85. The molecule has 1 aromatic rings. The van der Waals surface area contributed by atoms with E-state index in [4.69, 9.17) is 15.6 Å². The van der Waals surface area contributed by atoms with Crippen LogP contribution in [0.25, 0.3) is 0 Å². The molecule has 19 heavy (non-hydrogen) atoms. The molecule has 0 saturated heterocycles. The van der Waals surface area contributed by atoms with Crippen molar-refractivity contribution in [2.24, 2.45) is 0 Å². The van der Waals surface area contributed by atoms with E-state index in [1.807, 2.05) is 18.2 Å². The summed E-state index contributed by atoms with van der Waals surface area (Å²) in [6.45, 7) is 3.53. The molecule has 2 rings (SSSR count). The molecular weight excluding hydrogens is 244 g/mol. The van der Waals surface area contributed by atoms with Crippen molar-refractivity contribution in [1.82, 2.24) is 0 Å². The number of anilines is 2. The summed E-state index contributed by atoms with van der Waals surface area (Å²) in [4.78, 5) is 12.8. The molecule has 5 heteroatoms. The lowest BCUT2D eigenvalue weighted by Crippen LogP contribution is -2.40. The number of benzene rings is 1. The quantitative estimate of drug-likeness (QED) is 0.797. The van der Waals surface area contributed by atoms with Gasteiger partial charge in [0.1, 0.15) is 17.5 Å². The highest BCUT2D eigenvalue weighted by atomic mass is 16.5. The molecule has 0 aliphatic carbocycles. The standard InChI is InChI=1S/C14H20N2O3/c1-2-10-9-16(8-4-7-13(17)18)14-11(15)5-3-6-12(14)19-10/h3,5-6,10H,2,4,7-9,15H2,1H3,(H,17,18). The highest BCUT2D eigenvalue weighted by Gasteiger charge is 2.26. The molecular formula is C14H20N2O3. The average molecular weight is 264 g/mol. The Balaban J connectivity index is 2.16. The third-order valence-corrected chi connectivity index (χ3v) is 3.34. The normalized spacial score (nSPS) is 17.7. The summed E-state index contributed by atoms with van der Waals surface area (Å²) in [5, 5.41) is 8.72. The molecule has 1 aliphatic rings. The zero-order valence-corrected chi connectivity index (χ0v) is 11.1. The van der Waals surface area contributed by atoms with Crippen molar-refractivity contribution in [2.75, 3.05) is 23.7 Å². The molecule has 1 atom stereocenters. The predicted octanol–water partition coefficient (Wildman–Crippen LogP) is 2.11. The van der Waals surface area contributed by atoms with E-state index in [2.05, 4.69) is 11.8 Å². The van der Waals surface area contributed by atoms with Gasteiger partial charge in [0.05, 0.1) is 12.2 Å². The zero-order valence-electron chi connectivity index (χ0n) is 11.1. The average Bonchev–Trinajstić information content (AvgIpc) is 2.38. The van der Waals surface area contributed by atoms with E-state index in [0.29, 0.717) is 18.7 Å². The van der Waals surface area contributed by atoms with Crippen molar-refractivity contribution in [3.63, 3.8) is 0 Å². The summed E-state index contributed by atoms with van der Waals surface area (Å²) in [5.41, 5.74) is 7.60. The van der Waals surface area contributed by atoms with Crippen molar-refractivity contribution in [2.45, 2.75) is 32.3 Å². The Morgan fingerprint density at radius 2 is 2.37 bits per heavy atom. The summed E-state index contributed by atoms with van der Waals surface area (Å²) < 4.78 is 5.88. The maximum atomic E-state index is 10.6. The fraction of sp³-hybridized carbons (Fsp3) is 0.500. The van der Waals surface area contributed by atoms with Crippen LogP contribution in [0.15, 0.2) is 18.2 Å². The SMILES string of the molecule is CCC1CN(CCCC(=O)O)c2c(N)cccc2O1. The molecule has 0 fully saturated rings. The van der Waals surface area contributed by atoms with Gasteiger partial charge in [0, 0.05) is 13.0 Å². The molecule has 0 aromatic heterocycles. The number of aliphatic carboxylic acids is 1. The number of carboxylic acids is 1. The Morgan fingerprint density at radius 1 is 1.58 bits per heavy atom. The molecule has 3 N–H and O–H groups in total. The van der Waals surface area contributed by atoms with E-state index < -0.39 is 5.97 Å². The van der Waals surface area contributed by atoms with Crippen LogP contribution in [-0.2, 0) is 4.79 Å². The van der Waals surface area contributed by atoms with Crippen LogP contribution in [-0.4, -0.2) is 30.3 Å². The minimum Gasteiger partial charge on any atom is -0.486 e. The topological polar surface area (TPSA) is 75.8 Å². The number of carbonyl (C=O) groups is 1. The number of para-hydroxylation sites is 1. The van der Waals surface area contributed by atoms with Crippen molar-refractivity contribution < 1.29 is 14.6 Å². The molecule has 0 saturated carbocycles. The number of nitrogens with zero attached hydrogens (tertiary/aromatic N) is 1. The highest BCUT2D eigenvalue weighted by molar-refractivity contribution is 5.76. The number of hydrogen-bond acceptors (Lipinski definition) is 4. The van der Waals surface area contributed by atoms with Crippen LogP contribution in [0.1, 0.15) is 26.2 Å². The van der Waals surface area contributed by atoms with Crippen LogP contribution in [0.3, 0.4) is 0 Å². The van der Waals surface area contributed by atoms with Crippen LogP contribution < -0.4 is 15.4 Å². The first-order chi connectivity index (χ1) is 9.11. The van der Waals surface area contributed by atoms with Gasteiger partial charge in [-0.15, -0.1) is 0 Å². The number of hydrogen-bond donors (Lipinski definition) is 2. The van der Waals surface area contributed by atoms with Crippen molar-refractivity contribution in [3.05, 3.63) is 18.2 Å². The summed E-state index contributed by atoms with van der Waals surface area (Å²) >= 11 is 0. The Labute approximate surface area is 113 Å². The summed E-state index contributed by atoms with van der Waals surface area (Å²) in [5.74, 6) is 0.0370. The Hall–Kier alpha value is -1.91. The van der Waals surface area contributed by atoms with Crippen LogP contribution in [0.2, 0.25) is 0 Å². The van der Waals surface area contributed by atoms with E-state index in [0.717, 1.165) is 24.4 Å². The second-order valence-corrected chi connectivity index (χ2v) is 4.79. The van der Waals surface area contributed by atoms with Crippen LogP contribution in [0.5, 0.6) is 5.75 Å². The zero-order chi connectivity index (χ0) is 13.8. The van der Waals surface area contributed by atoms with Crippen molar-refractivity contribution in [1.29, 1.82) is 0 Å². The molecule has 0 bridgehead atoms. The molecule has 0 spiro atoms.